The van der Waals surface area contributed by atoms with Crippen molar-refractivity contribution in [1.82, 2.24) is 9.55 Å². The lowest BCUT2D eigenvalue weighted by Crippen LogP contribution is -2.18. The molecule has 1 aliphatic rings. The largest absolute Gasteiger partial charge is 0.329 e. The van der Waals surface area contributed by atoms with Gasteiger partial charge in [-0.15, -0.1) is 24.8 Å². The summed E-state index contributed by atoms with van der Waals surface area (Å²) in [5.41, 5.74) is 9.97. The van der Waals surface area contributed by atoms with E-state index < -0.39 is 0 Å². The van der Waals surface area contributed by atoms with E-state index in [1.807, 2.05) is 12.3 Å². The molecule has 3 rings (SSSR count). The van der Waals surface area contributed by atoms with E-state index in [1.54, 1.807) is 0 Å². The number of hydrogen-bond acceptors (Lipinski definition) is 2. The molecule has 0 fully saturated rings. The number of aryl methyl sites for hydroxylation is 1. The van der Waals surface area contributed by atoms with Gasteiger partial charge in [-0.2, -0.15) is 0 Å². The standard InChI is InChI=1S/C13H17N3.2ClH/c1-9(14)8-11-10-4-2-6-15-13(10)16-7-3-5-12(11)16;;/h2,4,6,9H,3,5,7-8,14H2,1H3;2*1H/t9-;;/m0../s1. The molecule has 2 aromatic heterocycles. The highest BCUT2D eigenvalue weighted by Gasteiger charge is 2.21. The molecule has 100 valence electrons. The fraction of sp³-hybridized carbons (Fsp3) is 0.462. The lowest BCUT2D eigenvalue weighted by Gasteiger charge is -2.05. The van der Waals surface area contributed by atoms with E-state index >= 15 is 0 Å². The zero-order valence-corrected chi connectivity index (χ0v) is 12.1. The first-order valence-electron chi connectivity index (χ1n) is 5.98. The van der Waals surface area contributed by atoms with Crippen LogP contribution in [0.2, 0.25) is 0 Å². The van der Waals surface area contributed by atoms with E-state index in [4.69, 9.17) is 5.73 Å². The van der Waals surface area contributed by atoms with E-state index in [0.29, 0.717) is 0 Å². The van der Waals surface area contributed by atoms with Gasteiger partial charge >= 0.3 is 0 Å². The molecule has 5 heteroatoms. The maximum absolute atomic E-state index is 5.94. The summed E-state index contributed by atoms with van der Waals surface area (Å²) in [6.07, 6.45) is 5.26. The van der Waals surface area contributed by atoms with E-state index in [0.717, 1.165) is 18.6 Å². The van der Waals surface area contributed by atoms with Crippen LogP contribution in [0, 0.1) is 0 Å². The summed E-state index contributed by atoms with van der Waals surface area (Å²) < 4.78 is 2.37. The molecule has 0 bridgehead atoms. The summed E-state index contributed by atoms with van der Waals surface area (Å²) in [4.78, 5) is 4.50. The van der Waals surface area contributed by atoms with Crippen molar-refractivity contribution in [3.63, 3.8) is 0 Å². The van der Waals surface area contributed by atoms with Crippen molar-refractivity contribution in [3.8, 4) is 0 Å². The minimum atomic E-state index is 0. The first kappa shape index (κ1) is 15.3. The van der Waals surface area contributed by atoms with Crippen molar-refractivity contribution in [2.24, 2.45) is 5.73 Å². The average Bonchev–Trinajstić information content (AvgIpc) is 2.82. The third kappa shape index (κ3) is 2.35. The minimum Gasteiger partial charge on any atom is -0.329 e. The average molecular weight is 288 g/mol. The third-order valence-electron chi connectivity index (χ3n) is 3.36. The fourth-order valence-electron chi connectivity index (χ4n) is 2.77. The van der Waals surface area contributed by atoms with Gasteiger partial charge in [0.25, 0.3) is 0 Å². The number of halogens is 2. The molecule has 2 N–H and O–H groups in total. The van der Waals surface area contributed by atoms with Gasteiger partial charge in [0.2, 0.25) is 0 Å². The zero-order chi connectivity index (χ0) is 11.1. The number of aromatic nitrogens is 2. The van der Waals surface area contributed by atoms with Crippen LogP contribution in [0.3, 0.4) is 0 Å². The highest BCUT2D eigenvalue weighted by Crippen LogP contribution is 2.30. The summed E-state index contributed by atoms with van der Waals surface area (Å²) in [5, 5.41) is 1.30. The SMILES string of the molecule is C[C@H](N)Cc1c2n(c3ncccc13)CCC2.Cl.Cl. The predicted octanol–water partition coefficient (Wildman–Crippen LogP) is 2.72. The van der Waals surface area contributed by atoms with Gasteiger partial charge in [0.15, 0.2) is 0 Å². The lowest BCUT2D eigenvalue weighted by molar-refractivity contribution is 0.732. The van der Waals surface area contributed by atoms with Crippen molar-refractivity contribution >= 4 is 35.8 Å². The summed E-state index contributed by atoms with van der Waals surface area (Å²) in [6, 6.07) is 4.41. The molecular weight excluding hydrogens is 269 g/mol. The summed E-state index contributed by atoms with van der Waals surface area (Å²) in [5.74, 6) is 0. The smallest absolute Gasteiger partial charge is 0.140 e. The van der Waals surface area contributed by atoms with Gasteiger partial charge in [-0.3, -0.25) is 0 Å². The molecule has 1 aliphatic heterocycles. The number of fused-ring (bicyclic) bond motifs is 3. The molecule has 2 aromatic rings. The molecule has 0 radical (unpaired) electrons. The van der Waals surface area contributed by atoms with Crippen LogP contribution in [0.1, 0.15) is 24.6 Å². The first-order chi connectivity index (χ1) is 7.77. The van der Waals surface area contributed by atoms with Gasteiger partial charge in [-0.05, 0) is 43.9 Å². The molecule has 18 heavy (non-hydrogen) atoms. The highest BCUT2D eigenvalue weighted by molar-refractivity contribution is 5.85. The van der Waals surface area contributed by atoms with E-state index in [1.165, 1.54) is 29.5 Å². The maximum Gasteiger partial charge on any atom is 0.140 e. The quantitative estimate of drug-likeness (QED) is 0.923. The number of nitrogens with two attached hydrogens (primary N) is 1. The molecule has 0 aromatic carbocycles. The second-order valence-electron chi connectivity index (χ2n) is 4.74. The highest BCUT2D eigenvalue weighted by atomic mass is 35.5. The van der Waals surface area contributed by atoms with Crippen LogP contribution < -0.4 is 5.73 Å². The molecule has 0 aliphatic carbocycles. The lowest BCUT2D eigenvalue weighted by atomic mass is 10.0. The Morgan fingerprint density at radius 1 is 1.44 bits per heavy atom. The van der Waals surface area contributed by atoms with Gasteiger partial charge in [0, 0.05) is 29.9 Å². The van der Waals surface area contributed by atoms with Crippen LogP contribution in [-0.4, -0.2) is 15.6 Å². The van der Waals surface area contributed by atoms with Crippen LogP contribution >= 0.6 is 24.8 Å². The Kier molecular flexibility index (Phi) is 5.02. The molecule has 0 saturated heterocycles. The number of nitrogens with zero attached hydrogens (tertiary/aromatic N) is 2. The van der Waals surface area contributed by atoms with Crippen LogP contribution in [0.4, 0.5) is 0 Å². The summed E-state index contributed by atoms with van der Waals surface area (Å²) >= 11 is 0. The van der Waals surface area contributed by atoms with Gasteiger partial charge < -0.3 is 10.3 Å². The van der Waals surface area contributed by atoms with Gasteiger partial charge in [0.05, 0.1) is 0 Å². The molecule has 0 saturated carbocycles. The Morgan fingerprint density at radius 3 is 2.94 bits per heavy atom. The van der Waals surface area contributed by atoms with Crippen LogP contribution in [0.5, 0.6) is 0 Å². The van der Waals surface area contributed by atoms with Crippen LogP contribution in [0.25, 0.3) is 11.0 Å². The fourth-order valence-corrected chi connectivity index (χ4v) is 2.77. The maximum atomic E-state index is 5.94. The Bertz CT molecular complexity index is 534. The van der Waals surface area contributed by atoms with E-state index in [2.05, 4.69) is 22.5 Å². The van der Waals surface area contributed by atoms with E-state index in [-0.39, 0.29) is 30.9 Å². The molecular formula is C13H19Cl2N3. The molecule has 0 spiro atoms. The van der Waals surface area contributed by atoms with Crippen molar-refractivity contribution in [2.75, 3.05) is 0 Å². The topological polar surface area (TPSA) is 43.8 Å². The molecule has 3 heterocycles. The third-order valence-corrected chi connectivity index (χ3v) is 3.36. The Hall–Kier alpha value is -0.770. The molecule has 0 amide bonds. The van der Waals surface area contributed by atoms with Crippen molar-refractivity contribution < 1.29 is 0 Å². The van der Waals surface area contributed by atoms with E-state index in [9.17, 15) is 0 Å². The van der Waals surface area contributed by atoms with Gasteiger partial charge in [-0.1, -0.05) is 0 Å². The van der Waals surface area contributed by atoms with Crippen molar-refractivity contribution in [1.29, 1.82) is 0 Å². The first-order valence-corrected chi connectivity index (χ1v) is 5.98. The number of rotatable bonds is 2. The molecule has 1 atom stereocenters. The second-order valence-corrected chi connectivity index (χ2v) is 4.74. The van der Waals surface area contributed by atoms with Crippen LogP contribution in [-0.2, 0) is 19.4 Å². The Morgan fingerprint density at radius 2 is 2.22 bits per heavy atom. The summed E-state index contributed by atoms with van der Waals surface area (Å²) in [6.45, 7) is 3.18. The zero-order valence-electron chi connectivity index (χ0n) is 10.4. The number of hydrogen-bond donors (Lipinski definition) is 1. The minimum absolute atomic E-state index is 0. The molecule has 3 nitrogen and oxygen atoms in total. The summed E-state index contributed by atoms with van der Waals surface area (Å²) in [7, 11) is 0. The van der Waals surface area contributed by atoms with Crippen molar-refractivity contribution in [2.45, 2.75) is 38.8 Å². The van der Waals surface area contributed by atoms with Crippen molar-refractivity contribution in [3.05, 3.63) is 29.6 Å². The van der Waals surface area contributed by atoms with Crippen LogP contribution in [0.15, 0.2) is 18.3 Å². The van der Waals surface area contributed by atoms with Gasteiger partial charge in [0.1, 0.15) is 5.65 Å². The van der Waals surface area contributed by atoms with Gasteiger partial charge in [-0.25, -0.2) is 4.98 Å². The Labute approximate surface area is 120 Å². The predicted molar refractivity (Wildman–Crippen MR) is 79.9 cm³/mol. The second kappa shape index (κ2) is 5.91. The normalized spacial score (nSPS) is 14.8. The Balaban J connectivity index is 0.000000810. The molecule has 0 unspecified atom stereocenters. The monoisotopic (exact) mass is 287 g/mol. The number of pyridine rings is 1.